The molecule has 1 aromatic carbocycles. The van der Waals surface area contributed by atoms with Crippen LogP contribution >= 0.6 is 0 Å². The summed E-state index contributed by atoms with van der Waals surface area (Å²) in [5, 5.41) is 0.910. The van der Waals surface area contributed by atoms with Crippen LogP contribution in [0.15, 0.2) is 41.2 Å². The number of hydrogen-bond acceptors (Lipinski definition) is 3. The Kier molecular flexibility index (Phi) is 3.29. The lowest BCUT2D eigenvalue weighted by Crippen LogP contribution is -2.24. The van der Waals surface area contributed by atoms with Crippen molar-refractivity contribution in [2.75, 3.05) is 0 Å². The van der Waals surface area contributed by atoms with Gasteiger partial charge in [0.05, 0.1) is 5.69 Å². The quantitative estimate of drug-likeness (QED) is 0.724. The lowest BCUT2D eigenvalue weighted by molar-refractivity contribution is 0.722. The second-order valence-electron chi connectivity index (χ2n) is 5.18. The van der Waals surface area contributed by atoms with E-state index in [9.17, 15) is 4.79 Å². The predicted molar refractivity (Wildman–Crippen MR) is 84.4 cm³/mol. The van der Waals surface area contributed by atoms with Gasteiger partial charge in [-0.15, -0.1) is 0 Å². The van der Waals surface area contributed by atoms with E-state index in [0.717, 1.165) is 22.2 Å². The summed E-state index contributed by atoms with van der Waals surface area (Å²) in [6.45, 7) is 6.45. The fraction of sp³-hybridized carbons (Fsp3) is 0.235. The number of fused-ring (bicyclic) bond motifs is 1. The van der Waals surface area contributed by atoms with E-state index in [1.807, 2.05) is 57.2 Å². The van der Waals surface area contributed by atoms with Gasteiger partial charge < -0.3 is 0 Å². The monoisotopic (exact) mass is 279 g/mol. The molecule has 0 radical (unpaired) electrons. The van der Waals surface area contributed by atoms with E-state index < -0.39 is 0 Å². The number of aryl methyl sites for hydroxylation is 3. The van der Waals surface area contributed by atoms with E-state index in [-0.39, 0.29) is 5.69 Å². The van der Waals surface area contributed by atoms with Crippen molar-refractivity contribution in [1.29, 1.82) is 0 Å². The molecule has 0 atom stereocenters. The molecule has 0 saturated heterocycles. The Morgan fingerprint density at radius 3 is 2.62 bits per heavy atom. The summed E-state index contributed by atoms with van der Waals surface area (Å²) in [5.41, 5.74) is 4.14. The van der Waals surface area contributed by atoms with Crippen LogP contribution in [-0.4, -0.2) is 14.5 Å². The predicted octanol–water partition coefficient (Wildman–Crippen LogP) is 3.10. The molecule has 0 amide bonds. The highest BCUT2D eigenvalue weighted by Gasteiger charge is 2.12. The average molecular weight is 279 g/mol. The largest absolute Gasteiger partial charge is 0.349 e. The molecule has 0 aliphatic heterocycles. The molecule has 4 nitrogen and oxygen atoms in total. The van der Waals surface area contributed by atoms with Gasteiger partial charge >= 0.3 is 5.69 Å². The summed E-state index contributed by atoms with van der Waals surface area (Å²) in [5.74, 6) is 0. The van der Waals surface area contributed by atoms with Crippen LogP contribution in [0.25, 0.3) is 22.3 Å². The maximum Gasteiger partial charge on any atom is 0.349 e. The topological polar surface area (TPSA) is 47.8 Å². The molecule has 3 rings (SSSR count). The number of aromatic nitrogens is 3. The first kappa shape index (κ1) is 13.5. The lowest BCUT2D eigenvalue weighted by Gasteiger charge is -2.11. The first-order valence-corrected chi connectivity index (χ1v) is 7.05. The Bertz CT molecular complexity index is 881. The Hall–Kier alpha value is -2.49. The molecule has 0 aliphatic rings. The highest BCUT2D eigenvalue weighted by molar-refractivity contribution is 5.90. The van der Waals surface area contributed by atoms with Crippen LogP contribution in [0.4, 0.5) is 0 Å². The molecule has 0 unspecified atom stereocenters. The van der Waals surface area contributed by atoms with Crippen molar-refractivity contribution in [3.05, 3.63) is 58.1 Å². The van der Waals surface area contributed by atoms with Crippen molar-refractivity contribution < 1.29 is 0 Å². The molecule has 2 heterocycles. The molecule has 0 bridgehead atoms. The van der Waals surface area contributed by atoms with Crippen molar-refractivity contribution in [2.45, 2.75) is 27.3 Å². The Morgan fingerprint density at radius 1 is 1.10 bits per heavy atom. The Balaban J connectivity index is 2.42. The van der Waals surface area contributed by atoms with Gasteiger partial charge in [0.2, 0.25) is 0 Å². The highest BCUT2D eigenvalue weighted by atomic mass is 16.1. The van der Waals surface area contributed by atoms with E-state index >= 15 is 0 Å². The third-order valence-corrected chi connectivity index (χ3v) is 3.57. The van der Waals surface area contributed by atoms with Crippen molar-refractivity contribution in [3.63, 3.8) is 0 Å². The third-order valence-electron chi connectivity index (χ3n) is 3.57. The van der Waals surface area contributed by atoms with Gasteiger partial charge in [-0.1, -0.05) is 23.8 Å². The van der Waals surface area contributed by atoms with Crippen molar-refractivity contribution >= 4 is 11.0 Å². The summed E-state index contributed by atoms with van der Waals surface area (Å²) in [4.78, 5) is 21.1. The van der Waals surface area contributed by atoms with Crippen LogP contribution in [0.3, 0.4) is 0 Å². The molecule has 0 N–H and O–H groups in total. The van der Waals surface area contributed by atoms with Gasteiger partial charge in [0.1, 0.15) is 5.65 Å². The third kappa shape index (κ3) is 2.33. The second kappa shape index (κ2) is 5.13. The molecule has 0 saturated carbocycles. The van der Waals surface area contributed by atoms with Crippen molar-refractivity contribution in [1.82, 2.24) is 14.5 Å². The van der Waals surface area contributed by atoms with E-state index in [1.54, 1.807) is 4.57 Å². The Morgan fingerprint density at radius 2 is 1.90 bits per heavy atom. The van der Waals surface area contributed by atoms with E-state index in [2.05, 4.69) is 9.97 Å². The SMILES string of the molecule is CCn1c(=O)nc(-c2cccc(C)c2)c2ccc(C)nc21. The molecule has 0 aliphatic carbocycles. The summed E-state index contributed by atoms with van der Waals surface area (Å²) in [6.07, 6.45) is 0. The highest BCUT2D eigenvalue weighted by Crippen LogP contribution is 2.25. The number of nitrogens with zero attached hydrogens (tertiary/aromatic N) is 3. The summed E-state index contributed by atoms with van der Waals surface area (Å²) < 4.78 is 1.61. The number of rotatable bonds is 2. The van der Waals surface area contributed by atoms with Gasteiger partial charge in [-0.3, -0.25) is 4.57 Å². The number of hydrogen-bond donors (Lipinski definition) is 0. The molecular formula is C17H17N3O. The zero-order valence-electron chi connectivity index (χ0n) is 12.4. The first-order valence-electron chi connectivity index (χ1n) is 7.05. The fourth-order valence-electron chi connectivity index (χ4n) is 2.54. The maximum absolute atomic E-state index is 12.3. The van der Waals surface area contributed by atoms with Gasteiger partial charge in [-0.05, 0) is 39.0 Å². The summed E-state index contributed by atoms with van der Waals surface area (Å²) in [6, 6.07) is 12.0. The second-order valence-corrected chi connectivity index (χ2v) is 5.18. The van der Waals surface area contributed by atoms with Crippen molar-refractivity contribution in [3.8, 4) is 11.3 Å². The zero-order chi connectivity index (χ0) is 15.0. The minimum Gasteiger partial charge on any atom is -0.276 e. The molecule has 2 aromatic heterocycles. The van der Waals surface area contributed by atoms with Gasteiger partial charge in [0.25, 0.3) is 0 Å². The molecule has 21 heavy (non-hydrogen) atoms. The molecule has 3 aromatic rings. The van der Waals surface area contributed by atoms with Gasteiger partial charge in [0, 0.05) is 23.2 Å². The molecule has 0 spiro atoms. The van der Waals surface area contributed by atoms with Crippen LogP contribution in [0, 0.1) is 13.8 Å². The fourth-order valence-corrected chi connectivity index (χ4v) is 2.54. The van der Waals surface area contributed by atoms with Gasteiger partial charge in [-0.2, -0.15) is 4.98 Å². The normalized spacial score (nSPS) is 11.0. The van der Waals surface area contributed by atoms with Crippen molar-refractivity contribution in [2.24, 2.45) is 0 Å². The zero-order valence-corrected chi connectivity index (χ0v) is 12.4. The maximum atomic E-state index is 12.3. The molecule has 106 valence electrons. The first-order chi connectivity index (χ1) is 10.1. The van der Waals surface area contributed by atoms with E-state index in [0.29, 0.717) is 17.9 Å². The smallest absolute Gasteiger partial charge is 0.276 e. The summed E-state index contributed by atoms with van der Waals surface area (Å²) >= 11 is 0. The number of pyridine rings is 1. The minimum absolute atomic E-state index is 0.250. The van der Waals surface area contributed by atoms with Crippen LogP contribution in [0.5, 0.6) is 0 Å². The van der Waals surface area contributed by atoms with E-state index in [4.69, 9.17) is 0 Å². The molecule has 4 heteroatoms. The Labute approximate surface area is 123 Å². The summed E-state index contributed by atoms with van der Waals surface area (Å²) in [7, 11) is 0. The lowest BCUT2D eigenvalue weighted by atomic mass is 10.1. The average Bonchev–Trinajstić information content (AvgIpc) is 2.46. The molecular weight excluding hydrogens is 262 g/mol. The number of benzene rings is 1. The van der Waals surface area contributed by atoms with Crippen LogP contribution in [0.2, 0.25) is 0 Å². The van der Waals surface area contributed by atoms with Crippen LogP contribution < -0.4 is 5.69 Å². The molecule has 0 fully saturated rings. The van der Waals surface area contributed by atoms with Gasteiger partial charge in [-0.25, -0.2) is 9.78 Å². The van der Waals surface area contributed by atoms with Crippen LogP contribution in [0.1, 0.15) is 18.2 Å². The standard InChI is InChI=1S/C17H17N3O/c1-4-20-16-14(9-8-12(3)18-16)15(19-17(20)21)13-7-5-6-11(2)10-13/h5-10H,4H2,1-3H3. The van der Waals surface area contributed by atoms with E-state index in [1.165, 1.54) is 0 Å². The minimum atomic E-state index is -0.250. The van der Waals surface area contributed by atoms with Crippen LogP contribution in [-0.2, 0) is 6.54 Å². The van der Waals surface area contributed by atoms with Gasteiger partial charge in [0.15, 0.2) is 0 Å².